The van der Waals surface area contributed by atoms with Gasteiger partial charge in [-0.2, -0.15) is 0 Å². The number of pyridine rings is 1. The van der Waals surface area contributed by atoms with Crippen molar-refractivity contribution in [2.45, 2.75) is 16.3 Å². The molecule has 0 fully saturated rings. The summed E-state index contributed by atoms with van der Waals surface area (Å²) < 4.78 is 4.96. The number of nitrogens with one attached hydrogen (secondary N) is 1. The average molecular weight is 302 g/mol. The maximum absolute atomic E-state index is 12.2. The molecule has 1 amide bonds. The lowest BCUT2D eigenvalue weighted by Crippen LogP contribution is -2.25. The molecule has 1 heterocycles. The first kappa shape index (κ1) is 15.5. The number of hydrogen-bond donors (Lipinski definition) is 1. The van der Waals surface area contributed by atoms with Crippen LogP contribution in [0, 0.1) is 0 Å². The maximum atomic E-state index is 12.2. The third-order valence-electron chi connectivity index (χ3n) is 2.78. The average Bonchev–Trinajstić information content (AvgIpc) is 2.53. The van der Waals surface area contributed by atoms with Crippen LogP contribution in [0.3, 0.4) is 0 Å². The highest BCUT2D eigenvalue weighted by Crippen LogP contribution is 2.28. The number of amides is 1. The van der Waals surface area contributed by atoms with Gasteiger partial charge < -0.3 is 10.1 Å². The fourth-order valence-electron chi connectivity index (χ4n) is 1.76. The van der Waals surface area contributed by atoms with Crippen LogP contribution in [-0.4, -0.2) is 31.2 Å². The van der Waals surface area contributed by atoms with Crippen molar-refractivity contribution in [1.82, 2.24) is 10.3 Å². The van der Waals surface area contributed by atoms with E-state index in [1.807, 2.05) is 30.3 Å². The van der Waals surface area contributed by atoms with Crippen LogP contribution in [0.25, 0.3) is 0 Å². The zero-order valence-electron chi connectivity index (χ0n) is 11.9. The van der Waals surface area contributed by atoms with Crippen molar-refractivity contribution < 1.29 is 9.53 Å². The predicted octanol–water partition coefficient (Wildman–Crippen LogP) is 3.00. The van der Waals surface area contributed by atoms with E-state index < -0.39 is 0 Å². The number of hydrogen-bond acceptors (Lipinski definition) is 4. The summed E-state index contributed by atoms with van der Waals surface area (Å²) >= 11 is 1.49. The smallest absolute Gasteiger partial charge is 0.254 e. The lowest BCUT2D eigenvalue weighted by molar-refractivity contribution is 0.0945. The van der Waals surface area contributed by atoms with E-state index in [1.54, 1.807) is 25.4 Å². The molecule has 5 heteroatoms. The van der Waals surface area contributed by atoms with Crippen LogP contribution in [0.15, 0.2) is 58.6 Å². The maximum Gasteiger partial charge on any atom is 0.254 e. The van der Waals surface area contributed by atoms with Gasteiger partial charge in [0.25, 0.3) is 5.91 Å². The Hall–Kier alpha value is -1.85. The van der Waals surface area contributed by atoms with Crippen molar-refractivity contribution in [2.75, 3.05) is 20.3 Å². The first-order chi connectivity index (χ1) is 10.3. The highest BCUT2D eigenvalue weighted by molar-refractivity contribution is 7.99. The summed E-state index contributed by atoms with van der Waals surface area (Å²) in [5.41, 5.74) is 0.601. The van der Waals surface area contributed by atoms with E-state index in [0.717, 1.165) is 11.3 Å². The summed E-state index contributed by atoms with van der Waals surface area (Å²) in [6.45, 7) is 1.23. The van der Waals surface area contributed by atoms with Crippen molar-refractivity contribution in [3.8, 4) is 0 Å². The number of ether oxygens (including phenoxy) is 1. The Balaban J connectivity index is 2.04. The Morgan fingerprint density at radius 2 is 2.05 bits per heavy atom. The van der Waals surface area contributed by atoms with Crippen molar-refractivity contribution in [3.05, 3.63) is 54.2 Å². The fourth-order valence-corrected chi connectivity index (χ4v) is 2.66. The van der Waals surface area contributed by atoms with Crippen molar-refractivity contribution in [1.29, 1.82) is 0 Å². The van der Waals surface area contributed by atoms with E-state index in [2.05, 4.69) is 10.3 Å². The first-order valence-corrected chi connectivity index (χ1v) is 7.58. The van der Waals surface area contributed by atoms with Gasteiger partial charge in [-0.25, -0.2) is 4.98 Å². The van der Waals surface area contributed by atoms with Gasteiger partial charge in [-0.1, -0.05) is 30.0 Å². The second kappa shape index (κ2) is 8.44. The fraction of sp³-hybridized carbons (Fsp3) is 0.250. The molecule has 1 N–H and O–H groups in total. The zero-order chi connectivity index (χ0) is 14.9. The largest absolute Gasteiger partial charge is 0.385 e. The van der Waals surface area contributed by atoms with E-state index in [0.29, 0.717) is 23.7 Å². The minimum absolute atomic E-state index is 0.0994. The van der Waals surface area contributed by atoms with E-state index in [1.165, 1.54) is 11.8 Å². The summed E-state index contributed by atoms with van der Waals surface area (Å²) in [7, 11) is 1.65. The number of benzene rings is 1. The van der Waals surface area contributed by atoms with Crippen LogP contribution in [-0.2, 0) is 4.74 Å². The SMILES string of the molecule is COCCCNC(=O)c1cccnc1Sc1ccccc1. The summed E-state index contributed by atoms with van der Waals surface area (Å²) in [4.78, 5) is 17.6. The minimum Gasteiger partial charge on any atom is -0.385 e. The minimum atomic E-state index is -0.0994. The van der Waals surface area contributed by atoms with Crippen LogP contribution in [0.4, 0.5) is 0 Å². The molecule has 0 saturated carbocycles. The third kappa shape index (κ3) is 4.88. The Morgan fingerprint density at radius 3 is 2.81 bits per heavy atom. The molecule has 2 rings (SSSR count). The van der Waals surface area contributed by atoms with Crippen LogP contribution in [0.1, 0.15) is 16.8 Å². The van der Waals surface area contributed by atoms with Crippen molar-refractivity contribution >= 4 is 17.7 Å². The van der Waals surface area contributed by atoms with Crippen LogP contribution in [0.2, 0.25) is 0 Å². The lowest BCUT2D eigenvalue weighted by atomic mass is 10.2. The predicted molar refractivity (Wildman–Crippen MR) is 83.6 cm³/mol. The van der Waals surface area contributed by atoms with E-state index >= 15 is 0 Å². The zero-order valence-corrected chi connectivity index (χ0v) is 12.7. The molecule has 0 spiro atoms. The number of rotatable bonds is 7. The number of nitrogens with zero attached hydrogens (tertiary/aromatic N) is 1. The molecule has 0 radical (unpaired) electrons. The van der Waals surface area contributed by atoms with Gasteiger partial charge in [0.05, 0.1) is 5.56 Å². The van der Waals surface area contributed by atoms with Gasteiger partial charge in [-0.05, 0) is 30.7 Å². The monoisotopic (exact) mass is 302 g/mol. The highest BCUT2D eigenvalue weighted by Gasteiger charge is 2.12. The topological polar surface area (TPSA) is 51.2 Å². The molecule has 0 atom stereocenters. The molecular formula is C16H18N2O2S. The van der Waals surface area contributed by atoms with Gasteiger partial charge in [-0.3, -0.25) is 4.79 Å². The summed E-state index contributed by atoms with van der Waals surface area (Å²) in [5, 5.41) is 3.60. The quantitative estimate of drug-likeness (QED) is 0.799. The lowest BCUT2D eigenvalue weighted by Gasteiger charge is -2.08. The summed E-state index contributed by atoms with van der Waals surface area (Å²) in [6.07, 6.45) is 2.50. The molecule has 0 aliphatic heterocycles. The van der Waals surface area contributed by atoms with Crippen LogP contribution >= 0.6 is 11.8 Å². The highest BCUT2D eigenvalue weighted by atomic mass is 32.2. The molecule has 1 aromatic carbocycles. The van der Waals surface area contributed by atoms with Gasteiger partial charge in [0.2, 0.25) is 0 Å². The van der Waals surface area contributed by atoms with Gasteiger partial charge in [0, 0.05) is 31.4 Å². The van der Waals surface area contributed by atoms with Crippen LogP contribution in [0.5, 0.6) is 0 Å². The number of carbonyl (C=O) groups is 1. The normalized spacial score (nSPS) is 10.3. The van der Waals surface area contributed by atoms with Gasteiger partial charge in [0.1, 0.15) is 5.03 Å². The number of carbonyl (C=O) groups excluding carboxylic acids is 1. The van der Waals surface area contributed by atoms with Crippen molar-refractivity contribution in [3.63, 3.8) is 0 Å². The summed E-state index contributed by atoms with van der Waals surface area (Å²) in [5.74, 6) is -0.0994. The second-order valence-corrected chi connectivity index (χ2v) is 5.44. The Labute approximate surface area is 128 Å². The molecule has 0 unspecified atom stereocenters. The third-order valence-corrected chi connectivity index (χ3v) is 3.81. The van der Waals surface area contributed by atoms with E-state index in [4.69, 9.17) is 4.74 Å². The standard InChI is InChI=1S/C16H18N2O2S/c1-20-12-6-11-17-15(19)14-9-5-10-18-16(14)21-13-7-3-2-4-8-13/h2-5,7-10H,6,11-12H2,1H3,(H,17,19). The Morgan fingerprint density at radius 1 is 1.24 bits per heavy atom. The Kier molecular flexibility index (Phi) is 6.24. The first-order valence-electron chi connectivity index (χ1n) is 6.76. The van der Waals surface area contributed by atoms with Gasteiger partial charge >= 0.3 is 0 Å². The second-order valence-electron chi connectivity index (χ2n) is 4.37. The number of methoxy groups -OCH3 is 1. The molecule has 2 aromatic rings. The molecular weight excluding hydrogens is 284 g/mol. The number of aromatic nitrogens is 1. The van der Waals surface area contributed by atoms with Gasteiger partial charge in [-0.15, -0.1) is 0 Å². The van der Waals surface area contributed by atoms with Crippen molar-refractivity contribution in [2.24, 2.45) is 0 Å². The van der Waals surface area contributed by atoms with E-state index in [-0.39, 0.29) is 5.91 Å². The van der Waals surface area contributed by atoms with Gasteiger partial charge in [0.15, 0.2) is 0 Å². The molecule has 0 bridgehead atoms. The van der Waals surface area contributed by atoms with Crippen LogP contribution < -0.4 is 5.32 Å². The Bertz CT molecular complexity index is 575. The molecule has 0 aliphatic rings. The molecule has 0 aliphatic carbocycles. The molecule has 110 valence electrons. The molecule has 0 saturated heterocycles. The molecule has 1 aromatic heterocycles. The van der Waals surface area contributed by atoms with E-state index in [9.17, 15) is 4.79 Å². The molecule has 4 nitrogen and oxygen atoms in total. The summed E-state index contributed by atoms with van der Waals surface area (Å²) in [6, 6.07) is 13.5. The molecule has 21 heavy (non-hydrogen) atoms.